The van der Waals surface area contributed by atoms with Gasteiger partial charge in [0.15, 0.2) is 5.79 Å². The van der Waals surface area contributed by atoms with Crippen molar-refractivity contribution in [1.82, 2.24) is 0 Å². The zero-order valence-electron chi connectivity index (χ0n) is 11.8. The van der Waals surface area contributed by atoms with E-state index in [0.29, 0.717) is 3.92 Å². The molecule has 0 bridgehead atoms. The van der Waals surface area contributed by atoms with Crippen LogP contribution in [0.3, 0.4) is 0 Å². The highest BCUT2D eigenvalue weighted by molar-refractivity contribution is 14.1. The van der Waals surface area contributed by atoms with Crippen LogP contribution in [0.2, 0.25) is 0 Å². The summed E-state index contributed by atoms with van der Waals surface area (Å²) in [5.74, 6) is -0.391. The van der Waals surface area contributed by atoms with Gasteiger partial charge in [-0.05, 0) is 24.3 Å². The zero-order chi connectivity index (χ0) is 13.4. The van der Waals surface area contributed by atoms with Crippen molar-refractivity contribution in [3.63, 3.8) is 0 Å². The molecule has 0 aromatic rings. The Balaban J connectivity index is 2.40. The second kappa shape index (κ2) is 5.25. The van der Waals surface area contributed by atoms with Gasteiger partial charge in [0, 0.05) is 6.42 Å². The minimum absolute atomic E-state index is 0.113. The molecular weight excluding hydrogens is 339 g/mol. The van der Waals surface area contributed by atoms with E-state index in [2.05, 4.69) is 62.4 Å². The quantitative estimate of drug-likeness (QED) is 0.540. The number of rotatable bonds is 2. The minimum atomic E-state index is -0.391. The van der Waals surface area contributed by atoms with Crippen LogP contribution in [0.5, 0.6) is 0 Å². The van der Waals surface area contributed by atoms with Gasteiger partial charge in [0.05, 0.1) is 17.1 Å². The van der Waals surface area contributed by atoms with E-state index in [1.54, 1.807) is 0 Å². The Morgan fingerprint density at radius 1 is 1.33 bits per heavy atom. The van der Waals surface area contributed by atoms with Crippen LogP contribution in [0.4, 0.5) is 0 Å². The molecule has 0 N–H and O–H groups in total. The fourth-order valence-corrected chi connectivity index (χ4v) is 4.03. The Bertz CT molecular complexity index is 376. The molecule has 0 radical (unpaired) electrons. The third-order valence-corrected chi connectivity index (χ3v) is 5.79. The smallest absolute Gasteiger partial charge is 0.184 e. The normalized spacial score (nSPS) is 30.6. The van der Waals surface area contributed by atoms with Gasteiger partial charge in [-0.1, -0.05) is 61.1 Å². The number of allylic oxidation sites excluding steroid dienone is 3. The summed E-state index contributed by atoms with van der Waals surface area (Å²) in [5.41, 5.74) is 2.97. The molecule has 102 valence electrons. The molecule has 2 nitrogen and oxygen atoms in total. The lowest BCUT2D eigenvalue weighted by molar-refractivity contribution is -0.171. The van der Waals surface area contributed by atoms with Crippen molar-refractivity contribution in [2.75, 3.05) is 13.2 Å². The first-order valence-corrected chi connectivity index (χ1v) is 7.97. The van der Waals surface area contributed by atoms with E-state index < -0.39 is 5.79 Å². The first-order chi connectivity index (χ1) is 8.43. The molecule has 1 fully saturated rings. The standard InChI is InChI=1S/C15H23IO2/c1-5-6-7-12-11(2)13(16)15(10-14(12,3)4)17-8-9-18-15/h6-7,13H,5,8-10H2,1-4H3. The lowest BCUT2D eigenvalue weighted by Gasteiger charge is -2.45. The van der Waals surface area contributed by atoms with Crippen LogP contribution >= 0.6 is 22.6 Å². The van der Waals surface area contributed by atoms with Gasteiger partial charge in [0.2, 0.25) is 0 Å². The highest BCUT2D eigenvalue weighted by atomic mass is 127. The first kappa shape index (κ1) is 14.5. The average Bonchev–Trinajstić information content (AvgIpc) is 2.75. The molecule has 3 heteroatoms. The fourth-order valence-electron chi connectivity index (χ4n) is 3.11. The second-order valence-corrected chi connectivity index (χ2v) is 7.08. The maximum atomic E-state index is 5.96. The molecule has 1 heterocycles. The molecule has 1 aliphatic heterocycles. The van der Waals surface area contributed by atoms with Crippen molar-refractivity contribution in [3.05, 3.63) is 23.3 Å². The monoisotopic (exact) mass is 362 g/mol. The molecule has 1 aliphatic carbocycles. The van der Waals surface area contributed by atoms with Gasteiger partial charge in [-0.25, -0.2) is 0 Å². The Hall–Kier alpha value is 0.130. The maximum absolute atomic E-state index is 5.96. The molecule has 2 aliphatic rings. The zero-order valence-corrected chi connectivity index (χ0v) is 13.9. The Morgan fingerprint density at radius 2 is 1.94 bits per heavy atom. The fraction of sp³-hybridized carbons (Fsp3) is 0.733. The van der Waals surface area contributed by atoms with Crippen LogP contribution in [0.1, 0.15) is 40.5 Å². The van der Waals surface area contributed by atoms with Crippen molar-refractivity contribution in [3.8, 4) is 0 Å². The SMILES string of the molecule is CCC=CC1=C(C)C(I)C2(CC1(C)C)OCCO2. The van der Waals surface area contributed by atoms with Crippen LogP contribution in [0.25, 0.3) is 0 Å². The molecule has 0 saturated carbocycles. The van der Waals surface area contributed by atoms with E-state index in [0.717, 1.165) is 26.1 Å². The third-order valence-electron chi connectivity index (χ3n) is 3.90. The Kier molecular flexibility index (Phi) is 4.24. The van der Waals surface area contributed by atoms with Crippen molar-refractivity contribution in [2.45, 2.75) is 50.2 Å². The van der Waals surface area contributed by atoms with Crippen molar-refractivity contribution < 1.29 is 9.47 Å². The van der Waals surface area contributed by atoms with E-state index in [9.17, 15) is 0 Å². The van der Waals surface area contributed by atoms with Gasteiger partial charge in [-0.2, -0.15) is 0 Å². The van der Waals surface area contributed by atoms with Gasteiger partial charge < -0.3 is 9.47 Å². The molecule has 1 unspecified atom stereocenters. The summed E-state index contributed by atoms with van der Waals surface area (Å²) in [6.45, 7) is 10.4. The summed E-state index contributed by atoms with van der Waals surface area (Å²) in [6, 6.07) is 0. The molecule has 0 aromatic heterocycles. The summed E-state index contributed by atoms with van der Waals surface area (Å²) < 4.78 is 12.2. The lowest BCUT2D eigenvalue weighted by Crippen LogP contribution is -2.48. The van der Waals surface area contributed by atoms with E-state index >= 15 is 0 Å². The van der Waals surface area contributed by atoms with E-state index in [4.69, 9.17) is 9.47 Å². The van der Waals surface area contributed by atoms with E-state index in [1.165, 1.54) is 11.1 Å². The Morgan fingerprint density at radius 3 is 2.50 bits per heavy atom. The van der Waals surface area contributed by atoms with Crippen LogP contribution in [-0.4, -0.2) is 22.9 Å². The predicted octanol–water partition coefficient (Wildman–Crippen LogP) is 4.25. The lowest BCUT2D eigenvalue weighted by atomic mass is 9.70. The second-order valence-electron chi connectivity index (χ2n) is 5.84. The summed E-state index contributed by atoms with van der Waals surface area (Å²) in [7, 11) is 0. The number of halogens is 1. The van der Waals surface area contributed by atoms with E-state index in [1.807, 2.05) is 0 Å². The summed E-state index contributed by atoms with van der Waals surface area (Å²) in [5, 5.41) is 0. The van der Waals surface area contributed by atoms with Crippen LogP contribution in [-0.2, 0) is 9.47 Å². The number of alkyl halides is 1. The van der Waals surface area contributed by atoms with Crippen molar-refractivity contribution >= 4 is 22.6 Å². The van der Waals surface area contributed by atoms with Gasteiger partial charge >= 0.3 is 0 Å². The van der Waals surface area contributed by atoms with Crippen LogP contribution in [0, 0.1) is 5.41 Å². The Labute approximate surface area is 124 Å². The molecule has 2 rings (SSSR count). The highest BCUT2D eigenvalue weighted by Crippen LogP contribution is 2.51. The summed E-state index contributed by atoms with van der Waals surface area (Å²) in [4.78, 5) is 0. The van der Waals surface area contributed by atoms with Crippen molar-refractivity contribution in [2.24, 2.45) is 5.41 Å². The van der Waals surface area contributed by atoms with Crippen LogP contribution < -0.4 is 0 Å². The maximum Gasteiger partial charge on any atom is 0.184 e. The molecule has 1 saturated heterocycles. The summed E-state index contributed by atoms with van der Waals surface area (Å²) >= 11 is 2.48. The number of hydrogen-bond acceptors (Lipinski definition) is 2. The van der Waals surface area contributed by atoms with Gasteiger partial charge in [-0.3, -0.25) is 0 Å². The summed E-state index contributed by atoms with van der Waals surface area (Å²) in [6.07, 6.45) is 6.56. The van der Waals surface area contributed by atoms with Gasteiger partial charge in [0.25, 0.3) is 0 Å². The molecule has 0 aromatic carbocycles. The predicted molar refractivity (Wildman–Crippen MR) is 83.0 cm³/mol. The highest BCUT2D eigenvalue weighted by Gasteiger charge is 2.52. The van der Waals surface area contributed by atoms with Gasteiger partial charge in [-0.15, -0.1) is 0 Å². The van der Waals surface area contributed by atoms with Crippen molar-refractivity contribution in [1.29, 1.82) is 0 Å². The molecule has 1 atom stereocenters. The topological polar surface area (TPSA) is 18.5 Å². The van der Waals surface area contributed by atoms with Gasteiger partial charge in [0.1, 0.15) is 0 Å². The van der Waals surface area contributed by atoms with E-state index in [-0.39, 0.29) is 5.41 Å². The minimum Gasteiger partial charge on any atom is -0.346 e. The molecule has 18 heavy (non-hydrogen) atoms. The number of ether oxygens (including phenoxy) is 2. The molecule has 1 spiro atoms. The molecular formula is C15H23IO2. The van der Waals surface area contributed by atoms with Crippen LogP contribution in [0.15, 0.2) is 23.3 Å². The third kappa shape index (κ3) is 2.41. The number of hydrogen-bond donors (Lipinski definition) is 0. The largest absolute Gasteiger partial charge is 0.346 e. The molecule has 0 amide bonds. The average molecular weight is 362 g/mol. The first-order valence-electron chi connectivity index (χ1n) is 6.73.